The molecular formula is C17H21N3O2. The number of hydrogen-bond acceptors (Lipinski definition) is 4. The predicted molar refractivity (Wildman–Crippen MR) is 85.0 cm³/mol. The number of nitrogens with zero attached hydrogens (tertiary/aromatic N) is 2. The zero-order valence-electron chi connectivity index (χ0n) is 12.8. The summed E-state index contributed by atoms with van der Waals surface area (Å²) in [6, 6.07) is 5.86. The van der Waals surface area contributed by atoms with Crippen LogP contribution in [0.2, 0.25) is 0 Å². The van der Waals surface area contributed by atoms with Crippen molar-refractivity contribution in [1.29, 1.82) is 0 Å². The predicted octanol–water partition coefficient (Wildman–Crippen LogP) is 2.63. The van der Waals surface area contributed by atoms with Crippen molar-refractivity contribution in [1.82, 2.24) is 10.3 Å². The molecular weight excluding hydrogens is 278 g/mol. The summed E-state index contributed by atoms with van der Waals surface area (Å²) in [5.74, 6) is 0.406. The molecule has 1 amide bonds. The van der Waals surface area contributed by atoms with E-state index < -0.39 is 0 Å². The van der Waals surface area contributed by atoms with Crippen LogP contribution >= 0.6 is 0 Å². The van der Waals surface area contributed by atoms with Crippen molar-refractivity contribution in [3.8, 4) is 0 Å². The van der Waals surface area contributed by atoms with E-state index in [-0.39, 0.29) is 5.91 Å². The van der Waals surface area contributed by atoms with Gasteiger partial charge in [0.1, 0.15) is 6.26 Å². The molecule has 1 unspecified atom stereocenters. The van der Waals surface area contributed by atoms with Crippen molar-refractivity contribution in [2.75, 3.05) is 24.5 Å². The van der Waals surface area contributed by atoms with Crippen LogP contribution in [0.15, 0.2) is 41.3 Å². The molecule has 3 heterocycles. The Kier molecular flexibility index (Phi) is 4.42. The Morgan fingerprint density at radius 3 is 3.18 bits per heavy atom. The van der Waals surface area contributed by atoms with E-state index in [1.165, 1.54) is 18.2 Å². The Labute approximate surface area is 130 Å². The number of furan rings is 1. The number of anilines is 1. The number of aromatic nitrogens is 1. The highest BCUT2D eigenvalue weighted by molar-refractivity contribution is 5.93. The Morgan fingerprint density at radius 2 is 2.41 bits per heavy atom. The lowest BCUT2D eigenvalue weighted by atomic mass is 9.97. The number of carbonyl (C=O) groups excluding carboxylic acids is 1. The molecule has 0 saturated carbocycles. The molecule has 1 aliphatic rings. The summed E-state index contributed by atoms with van der Waals surface area (Å²) in [5, 5.41) is 3.00. The van der Waals surface area contributed by atoms with Crippen LogP contribution in [0.3, 0.4) is 0 Å². The van der Waals surface area contributed by atoms with Crippen LogP contribution in [0.5, 0.6) is 0 Å². The summed E-state index contributed by atoms with van der Waals surface area (Å²) in [6.45, 7) is 4.74. The summed E-state index contributed by atoms with van der Waals surface area (Å²) in [6.07, 6.45) is 7.14. The molecule has 0 aliphatic carbocycles. The average molecular weight is 299 g/mol. The SMILES string of the molecule is Cc1cc(N2CCCC(CNC(=O)c3ccoc3)C2)ccn1. The molecule has 0 aromatic carbocycles. The number of nitrogens with one attached hydrogen (secondary N) is 1. The largest absolute Gasteiger partial charge is 0.472 e. The van der Waals surface area contributed by atoms with E-state index in [1.54, 1.807) is 6.07 Å². The second-order valence-corrected chi connectivity index (χ2v) is 5.83. The lowest BCUT2D eigenvalue weighted by Crippen LogP contribution is -2.41. The highest BCUT2D eigenvalue weighted by Gasteiger charge is 2.21. The third-order valence-corrected chi connectivity index (χ3v) is 4.10. The Balaban J connectivity index is 1.56. The molecule has 0 spiro atoms. The van der Waals surface area contributed by atoms with Crippen molar-refractivity contribution in [2.24, 2.45) is 5.92 Å². The number of hydrogen-bond donors (Lipinski definition) is 1. The van der Waals surface area contributed by atoms with Crippen LogP contribution < -0.4 is 10.2 Å². The molecule has 0 radical (unpaired) electrons. The van der Waals surface area contributed by atoms with Gasteiger partial charge in [-0.2, -0.15) is 0 Å². The lowest BCUT2D eigenvalue weighted by Gasteiger charge is -2.34. The highest BCUT2D eigenvalue weighted by atomic mass is 16.3. The molecule has 1 N–H and O–H groups in total. The molecule has 3 rings (SSSR count). The third kappa shape index (κ3) is 3.47. The molecule has 22 heavy (non-hydrogen) atoms. The topological polar surface area (TPSA) is 58.4 Å². The molecule has 5 heteroatoms. The fourth-order valence-corrected chi connectivity index (χ4v) is 2.93. The maximum absolute atomic E-state index is 12.0. The zero-order chi connectivity index (χ0) is 15.4. The van der Waals surface area contributed by atoms with Crippen LogP contribution in [-0.2, 0) is 0 Å². The first kappa shape index (κ1) is 14.6. The minimum Gasteiger partial charge on any atom is -0.472 e. The Hall–Kier alpha value is -2.30. The highest BCUT2D eigenvalue weighted by Crippen LogP contribution is 2.23. The van der Waals surface area contributed by atoms with Crippen LogP contribution in [0, 0.1) is 12.8 Å². The van der Waals surface area contributed by atoms with Crippen molar-refractivity contribution < 1.29 is 9.21 Å². The molecule has 5 nitrogen and oxygen atoms in total. The van der Waals surface area contributed by atoms with Gasteiger partial charge in [-0.3, -0.25) is 9.78 Å². The second kappa shape index (κ2) is 6.64. The van der Waals surface area contributed by atoms with E-state index in [9.17, 15) is 4.79 Å². The van der Waals surface area contributed by atoms with Gasteiger partial charge in [-0.1, -0.05) is 0 Å². The van der Waals surface area contributed by atoms with Crippen LogP contribution in [-0.4, -0.2) is 30.5 Å². The first-order chi connectivity index (χ1) is 10.7. The van der Waals surface area contributed by atoms with Gasteiger partial charge >= 0.3 is 0 Å². The average Bonchev–Trinajstić information content (AvgIpc) is 3.07. The van der Waals surface area contributed by atoms with E-state index in [4.69, 9.17) is 4.42 Å². The maximum atomic E-state index is 12.0. The molecule has 1 fully saturated rings. The minimum atomic E-state index is -0.0642. The zero-order valence-corrected chi connectivity index (χ0v) is 12.8. The van der Waals surface area contributed by atoms with Gasteiger partial charge in [0.05, 0.1) is 11.8 Å². The van der Waals surface area contributed by atoms with Gasteiger partial charge in [0.25, 0.3) is 5.91 Å². The van der Waals surface area contributed by atoms with Gasteiger partial charge in [0.15, 0.2) is 0 Å². The normalized spacial score (nSPS) is 18.2. The second-order valence-electron chi connectivity index (χ2n) is 5.83. The van der Waals surface area contributed by atoms with E-state index in [0.717, 1.165) is 31.6 Å². The minimum absolute atomic E-state index is 0.0642. The van der Waals surface area contributed by atoms with Crippen molar-refractivity contribution in [2.45, 2.75) is 19.8 Å². The van der Waals surface area contributed by atoms with E-state index in [0.29, 0.717) is 18.0 Å². The molecule has 116 valence electrons. The van der Waals surface area contributed by atoms with Gasteiger partial charge in [-0.15, -0.1) is 0 Å². The quantitative estimate of drug-likeness (QED) is 0.943. The molecule has 1 atom stereocenters. The Bertz CT molecular complexity index is 625. The van der Waals surface area contributed by atoms with Gasteiger partial charge in [0, 0.05) is 37.2 Å². The fourth-order valence-electron chi connectivity index (χ4n) is 2.93. The summed E-state index contributed by atoms with van der Waals surface area (Å²) in [7, 11) is 0. The lowest BCUT2D eigenvalue weighted by molar-refractivity contribution is 0.0945. The van der Waals surface area contributed by atoms with Crippen molar-refractivity contribution in [3.63, 3.8) is 0 Å². The molecule has 2 aromatic rings. The molecule has 1 saturated heterocycles. The number of pyridine rings is 1. The van der Waals surface area contributed by atoms with Crippen molar-refractivity contribution >= 4 is 11.6 Å². The standard InChI is InChI=1S/C17H21N3O2/c1-13-9-16(4-6-18-13)20-7-2-3-14(11-20)10-19-17(21)15-5-8-22-12-15/h4-6,8-9,12,14H,2-3,7,10-11H2,1H3,(H,19,21). The first-order valence-corrected chi connectivity index (χ1v) is 7.70. The first-order valence-electron chi connectivity index (χ1n) is 7.70. The Morgan fingerprint density at radius 1 is 1.50 bits per heavy atom. The summed E-state index contributed by atoms with van der Waals surface area (Å²) >= 11 is 0. The molecule has 0 bridgehead atoms. The molecule has 1 aliphatic heterocycles. The monoisotopic (exact) mass is 299 g/mol. The van der Waals surface area contributed by atoms with Gasteiger partial charge in [-0.25, -0.2) is 0 Å². The number of aryl methyl sites for hydroxylation is 1. The van der Waals surface area contributed by atoms with Gasteiger partial charge < -0.3 is 14.6 Å². The number of piperidine rings is 1. The van der Waals surface area contributed by atoms with Crippen LogP contribution in [0.1, 0.15) is 28.9 Å². The maximum Gasteiger partial charge on any atom is 0.254 e. The van der Waals surface area contributed by atoms with Crippen LogP contribution in [0.25, 0.3) is 0 Å². The number of rotatable bonds is 4. The fraction of sp³-hybridized carbons (Fsp3) is 0.412. The summed E-state index contributed by atoms with van der Waals surface area (Å²) in [4.78, 5) is 18.6. The number of amides is 1. The van der Waals surface area contributed by atoms with Crippen LogP contribution in [0.4, 0.5) is 5.69 Å². The van der Waals surface area contributed by atoms with Crippen molar-refractivity contribution in [3.05, 3.63) is 48.2 Å². The van der Waals surface area contributed by atoms with E-state index in [2.05, 4.69) is 27.3 Å². The van der Waals surface area contributed by atoms with E-state index >= 15 is 0 Å². The summed E-state index contributed by atoms with van der Waals surface area (Å²) in [5.41, 5.74) is 2.84. The smallest absolute Gasteiger partial charge is 0.254 e. The van der Waals surface area contributed by atoms with Gasteiger partial charge in [-0.05, 0) is 43.9 Å². The molecule has 2 aromatic heterocycles. The summed E-state index contributed by atoms with van der Waals surface area (Å²) < 4.78 is 4.94. The number of carbonyl (C=O) groups is 1. The van der Waals surface area contributed by atoms with E-state index in [1.807, 2.05) is 13.1 Å². The van der Waals surface area contributed by atoms with Gasteiger partial charge in [0.2, 0.25) is 0 Å². The third-order valence-electron chi connectivity index (χ3n) is 4.10.